The number of anilines is 1. The second-order valence-corrected chi connectivity index (χ2v) is 11.3. The molecule has 0 bridgehead atoms. The molecule has 2 aromatic carbocycles. The SMILES string of the molecule is CCN(CC)S(=O)(=O)Nc1ccc(OCC(=O)N(C)[C@H](CN2CCC(O)C2)c2ccccc2)c2cccnc12. The summed E-state index contributed by atoms with van der Waals surface area (Å²) in [7, 11) is -1.98. The van der Waals surface area contributed by atoms with Crippen molar-refractivity contribution in [2.24, 2.45) is 0 Å². The average molecular weight is 556 g/mol. The lowest BCUT2D eigenvalue weighted by Gasteiger charge is -2.32. The molecule has 0 radical (unpaired) electrons. The second kappa shape index (κ2) is 12.7. The number of likely N-dealkylation sites (tertiary alicyclic amines) is 1. The predicted octanol–water partition coefficient (Wildman–Crippen LogP) is 2.88. The molecule has 39 heavy (non-hydrogen) atoms. The summed E-state index contributed by atoms with van der Waals surface area (Å²) in [6, 6.07) is 16.4. The number of nitrogens with zero attached hydrogens (tertiary/aromatic N) is 4. The zero-order valence-electron chi connectivity index (χ0n) is 22.7. The third kappa shape index (κ3) is 6.85. The minimum Gasteiger partial charge on any atom is -0.483 e. The third-order valence-corrected chi connectivity index (χ3v) is 8.76. The maximum absolute atomic E-state index is 13.3. The number of rotatable bonds is 12. The zero-order chi connectivity index (χ0) is 28.0. The molecule has 1 aliphatic rings. The maximum Gasteiger partial charge on any atom is 0.301 e. The Morgan fingerprint density at radius 2 is 1.90 bits per heavy atom. The van der Waals surface area contributed by atoms with Crippen molar-refractivity contribution >= 4 is 32.7 Å². The normalized spacial score (nSPS) is 16.9. The Kier molecular flexibility index (Phi) is 9.39. The molecular formula is C28H37N5O5S. The van der Waals surface area contributed by atoms with Crippen molar-refractivity contribution < 1.29 is 23.1 Å². The highest BCUT2D eigenvalue weighted by molar-refractivity contribution is 7.90. The van der Waals surface area contributed by atoms with Crippen LogP contribution in [0.5, 0.6) is 5.75 Å². The van der Waals surface area contributed by atoms with Gasteiger partial charge in [0.25, 0.3) is 5.91 Å². The van der Waals surface area contributed by atoms with Crippen molar-refractivity contribution in [1.29, 1.82) is 0 Å². The number of nitrogens with one attached hydrogen (secondary N) is 1. The molecule has 2 atom stereocenters. The predicted molar refractivity (Wildman–Crippen MR) is 152 cm³/mol. The third-order valence-electron chi connectivity index (χ3n) is 7.09. The number of hydrogen-bond acceptors (Lipinski definition) is 7. The Labute approximate surface area is 230 Å². The van der Waals surface area contributed by atoms with E-state index in [4.69, 9.17) is 4.74 Å². The van der Waals surface area contributed by atoms with Gasteiger partial charge < -0.3 is 14.7 Å². The summed E-state index contributed by atoms with van der Waals surface area (Å²) < 4.78 is 35.5. The minimum absolute atomic E-state index is 0.197. The molecule has 0 spiro atoms. The van der Waals surface area contributed by atoms with Crippen LogP contribution in [0.3, 0.4) is 0 Å². The fourth-order valence-electron chi connectivity index (χ4n) is 4.89. The van der Waals surface area contributed by atoms with Gasteiger partial charge in [-0.15, -0.1) is 0 Å². The standard InChI is InChI=1S/C28H37N5O5S/c1-4-33(5-2)39(36,37)30-24-13-14-26(23-12-9-16-29-28(23)24)38-20-27(35)31(3)25(21-10-7-6-8-11-21)19-32-17-15-22(34)18-32/h6-14,16,22,25,30,34H,4-5,15,17-20H2,1-3H3/t22?,25-/m1/s1. The van der Waals surface area contributed by atoms with Crippen LogP contribution in [0.4, 0.5) is 5.69 Å². The first-order valence-corrected chi connectivity index (χ1v) is 14.7. The van der Waals surface area contributed by atoms with Crippen LogP contribution in [0.1, 0.15) is 31.9 Å². The number of likely N-dealkylation sites (N-methyl/N-ethyl adjacent to an activating group) is 1. The Morgan fingerprint density at radius 1 is 1.15 bits per heavy atom. The van der Waals surface area contributed by atoms with E-state index < -0.39 is 10.2 Å². The summed E-state index contributed by atoms with van der Waals surface area (Å²) >= 11 is 0. The van der Waals surface area contributed by atoms with E-state index in [-0.39, 0.29) is 24.7 Å². The van der Waals surface area contributed by atoms with E-state index in [1.807, 2.05) is 30.3 Å². The van der Waals surface area contributed by atoms with Crippen molar-refractivity contribution in [3.8, 4) is 5.75 Å². The zero-order valence-corrected chi connectivity index (χ0v) is 23.5. The number of benzene rings is 2. The van der Waals surface area contributed by atoms with E-state index >= 15 is 0 Å². The van der Waals surface area contributed by atoms with Crippen LogP contribution in [0.2, 0.25) is 0 Å². The smallest absolute Gasteiger partial charge is 0.301 e. The highest BCUT2D eigenvalue weighted by atomic mass is 32.2. The number of aromatic nitrogens is 1. The van der Waals surface area contributed by atoms with Gasteiger partial charge in [0.1, 0.15) is 5.75 Å². The highest BCUT2D eigenvalue weighted by Gasteiger charge is 2.28. The first-order chi connectivity index (χ1) is 18.7. The first kappa shape index (κ1) is 28.8. The van der Waals surface area contributed by atoms with Crippen LogP contribution >= 0.6 is 0 Å². The Balaban J connectivity index is 1.51. The van der Waals surface area contributed by atoms with Crippen LogP contribution in [0.15, 0.2) is 60.8 Å². The summed E-state index contributed by atoms with van der Waals surface area (Å²) in [5, 5.41) is 10.6. The highest BCUT2D eigenvalue weighted by Crippen LogP contribution is 2.31. The van der Waals surface area contributed by atoms with Gasteiger partial charge >= 0.3 is 10.2 Å². The number of β-amino-alcohol motifs (C(OH)–C–C–N with tert-alkyl or cyclic N) is 1. The monoisotopic (exact) mass is 555 g/mol. The fourth-order valence-corrected chi connectivity index (χ4v) is 6.14. The summed E-state index contributed by atoms with van der Waals surface area (Å²) in [5.74, 6) is 0.233. The number of amides is 1. The molecule has 210 valence electrons. The summed E-state index contributed by atoms with van der Waals surface area (Å²) in [6.07, 6.45) is 1.97. The molecule has 10 nitrogen and oxygen atoms in total. The van der Waals surface area contributed by atoms with E-state index in [1.54, 1.807) is 56.3 Å². The molecule has 0 saturated carbocycles. The Bertz CT molecular complexity index is 1370. The van der Waals surface area contributed by atoms with Crippen molar-refractivity contribution in [2.45, 2.75) is 32.4 Å². The number of aliphatic hydroxyl groups is 1. The Hall–Kier alpha value is -3.25. The second-order valence-electron chi connectivity index (χ2n) is 9.62. The van der Waals surface area contributed by atoms with Crippen LogP contribution in [-0.2, 0) is 15.0 Å². The molecule has 3 aromatic rings. The summed E-state index contributed by atoms with van der Waals surface area (Å²) in [4.78, 5) is 21.6. The molecule has 0 aliphatic carbocycles. The van der Waals surface area contributed by atoms with Crippen LogP contribution < -0.4 is 9.46 Å². The molecule has 1 saturated heterocycles. The average Bonchev–Trinajstić information content (AvgIpc) is 3.36. The molecule has 1 fully saturated rings. The Morgan fingerprint density at radius 3 is 2.56 bits per heavy atom. The van der Waals surface area contributed by atoms with Gasteiger partial charge in [0, 0.05) is 51.4 Å². The molecule has 1 unspecified atom stereocenters. The van der Waals surface area contributed by atoms with E-state index in [1.165, 1.54) is 4.31 Å². The van der Waals surface area contributed by atoms with E-state index in [2.05, 4.69) is 14.6 Å². The largest absolute Gasteiger partial charge is 0.483 e. The lowest BCUT2D eigenvalue weighted by atomic mass is 10.0. The lowest BCUT2D eigenvalue weighted by Crippen LogP contribution is -2.40. The summed E-state index contributed by atoms with van der Waals surface area (Å²) in [6.45, 7) is 6.03. The van der Waals surface area contributed by atoms with Crippen molar-refractivity contribution in [2.75, 3.05) is 51.1 Å². The van der Waals surface area contributed by atoms with Crippen LogP contribution in [0.25, 0.3) is 10.9 Å². The van der Waals surface area contributed by atoms with Gasteiger partial charge in [-0.1, -0.05) is 44.2 Å². The lowest BCUT2D eigenvalue weighted by molar-refractivity contribution is -0.134. The van der Waals surface area contributed by atoms with Crippen molar-refractivity contribution in [3.63, 3.8) is 0 Å². The van der Waals surface area contributed by atoms with Gasteiger partial charge in [0.2, 0.25) is 0 Å². The number of pyridine rings is 1. The van der Waals surface area contributed by atoms with E-state index in [0.29, 0.717) is 48.5 Å². The topological polar surface area (TPSA) is 115 Å². The number of carbonyl (C=O) groups excluding carboxylic acids is 1. The van der Waals surface area contributed by atoms with Crippen molar-refractivity contribution in [1.82, 2.24) is 19.1 Å². The van der Waals surface area contributed by atoms with Gasteiger partial charge in [-0.3, -0.25) is 19.4 Å². The van der Waals surface area contributed by atoms with Gasteiger partial charge in [0.15, 0.2) is 6.61 Å². The quantitative estimate of drug-likeness (QED) is 0.353. The number of hydrogen-bond donors (Lipinski definition) is 2. The molecule has 1 aromatic heterocycles. The summed E-state index contributed by atoms with van der Waals surface area (Å²) in [5.41, 5.74) is 1.78. The number of carbonyl (C=O) groups is 1. The number of ether oxygens (including phenoxy) is 1. The van der Waals surface area contributed by atoms with Gasteiger partial charge in [-0.05, 0) is 36.2 Å². The van der Waals surface area contributed by atoms with Gasteiger partial charge in [0.05, 0.1) is 23.3 Å². The van der Waals surface area contributed by atoms with E-state index in [0.717, 1.165) is 18.5 Å². The molecule has 2 heterocycles. The molecule has 4 rings (SSSR count). The first-order valence-electron chi connectivity index (χ1n) is 13.2. The molecule has 2 N–H and O–H groups in total. The molecule has 1 amide bonds. The van der Waals surface area contributed by atoms with Crippen LogP contribution in [-0.4, -0.2) is 91.0 Å². The maximum atomic E-state index is 13.3. The van der Waals surface area contributed by atoms with Crippen LogP contribution in [0, 0.1) is 0 Å². The van der Waals surface area contributed by atoms with E-state index in [9.17, 15) is 18.3 Å². The molecule has 11 heteroatoms. The van der Waals surface area contributed by atoms with Gasteiger partial charge in [-0.25, -0.2) is 0 Å². The number of fused-ring (bicyclic) bond motifs is 1. The minimum atomic E-state index is -3.74. The molecule has 1 aliphatic heterocycles. The fraction of sp³-hybridized carbons (Fsp3) is 0.429. The van der Waals surface area contributed by atoms with Gasteiger partial charge in [-0.2, -0.15) is 12.7 Å². The molecular weight excluding hydrogens is 518 g/mol. The number of aliphatic hydroxyl groups excluding tert-OH is 1. The van der Waals surface area contributed by atoms with Crippen molar-refractivity contribution in [3.05, 3.63) is 66.4 Å².